The number of hydrogen-bond acceptors (Lipinski definition) is 5. The summed E-state index contributed by atoms with van der Waals surface area (Å²) in [6.45, 7) is 6.45. The Labute approximate surface area is 226 Å². The van der Waals surface area contributed by atoms with Gasteiger partial charge in [-0.25, -0.2) is 9.37 Å². The molecule has 1 amide bonds. The van der Waals surface area contributed by atoms with Gasteiger partial charge in [-0.2, -0.15) is 13.2 Å². The van der Waals surface area contributed by atoms with Crippen molar-refractivity contribution in [3.8, 4) is 5.88 Å². The minimum absolute atomic E-state index is 0.0157. The standard InChI is InChI=1S/C29H37F4N3O3/c1-27(2,3)13-19-11-21-23(14-28(9-4-10-28)39-26(21)35-16-19)34-17-24(37)22(36-25(38)15-29(31,32)33)12-18-5-7-20(30)8-6-18/h5-8,11,16,22-24,34,37H,4,9-10,12-15,17H2,1-3H3,(H,36,38)/t22-,23-,24-/m0/s1. The zero-order valence-corrected chi connectivity index (χ0v) is 22.6. The molecule has 10 heteroatoms. The lowest BCUT2D eigenvalue weighted by Gasteiger charge is -2.47. The Morgan fingerprint density at radius 1 is 1.18 bits per heavy atom. The van der Waals surface area contributed by atoms with Crippen LogP contribution in [0.2, 0.25) is 0 Å². The van der Waals surface area contributed by atoms with Crippen LogP contribution in [0.4, 0.5) is 17.6 Å². The average Bonchev–Trinajstić information content (AvgIpc) is 2.80. The molecule has 1 aliphatic heterocycles. The number of hydrogen-bond donors (Lipinski definition) is 3. The molecule has 0 unspecified atom stereocenters. The lowest BCUT2D eigenvalue weighted by molar-refractivity contribution is -0.154. The van der Waals surface area contributed by atoms with Crippen LogP contribution in [0.25, 0.3) is 0 Å². The molecule has 1 saturated carbocycles. The number of benzene rings is 1. The molecule has 3 N–H and O–H groups in total. The number of nitrogens with zero attached hydrogens (tertiary/aromatic N) is 1. The molecule has 1 aromatic heterocycles. The van der Waals surface area contributed by atoms with Crippen molar-refractivity contribution in [1.82, 2.24) is 15.6 Å². The van der Waals surface area contributed by atoms with Gasteiger partial charge in [0, 0.05) is 30.8 Å². The summed E-state index contributed by atoms with van der Waals surface area (Å²) in [7, 11) is 0. The summed E-state index contributed by atoms with van der Waals surface area (Å²) in [4.78, 5) is 16.7. The predicted octanol–water partition coefficient (Wildman–Crippen LogP) is 5.19. The van der Waals surface area contributed by atoms with Crippen molar-refractivity contribution in [3.05, 3.63) is 59.0 Å². The van der Waals surface area contributed by atoms with E-state index >= 15 is 0 Å². The molecule has 4 rings (SSSR count). The summed E-state index contributed by atoms with van der Waals surface area (Å²) >= 11 is 0. The second-order valence-electron chi connectivity index (χ2n) is 12.1. The van der Waals surface area contributed by atoms with Crippen molar-refractivity contribution >= 4 is 5.91 Å². The van der Waals surface area contributed by atoms with E-state index in [1.807, 2.05) is 6.20 Å². The quantitative estimate of drug-likeness (QED) is 0.374. The Hall–Kier alpha value is -2.72. The van der Waals surface area contributed by atoms with Gasteiger partial charge in [-0.15, -0.1) is 0 Å². The zero-order chi connectivity index (χ0) is 28.4. The Kier molecular flexibility index (Phi) is 8.56. The van der Waals surface area contributed by atoms with Gasteiger partial charge >= 0.3 is 6.18 Å². The second kappa shape index (κ2) is 11.4. The first-order valence-corrected chi connectivity index (χ1v) is 13.4. The molecule has 1 aromatic carbocycles. The zero-order valence-electron chi connectivity index (χ0n) is 22.6. The molecule has 1 fully saturated rings. The molecule has 214 valence electrons. The number of aromatic nitrogens is 1. The summed E-state index contributed by atoms with van der Waals surface area (Å²) < 4.78 is 58.1. The monoisotopic (exact) mass is 551 g/mol. The smallest absolute Gasteiger partial charge is 0.397 e. The normalized spacial score (nSPS) is 19.9. The van der Waals surface area contributed by atoms with Crippen LogP contribution in [0, 0.1) is 11.2 Å². The van der Waals surface area contributed by atoms with Gasteiger partial charge in [0.1, 0.15) is 17.8 Å². The van der Waals surface area contributed by atoms with Crippen LogP contribution in [0.5, 0.6) is 5.88 Å². The number of carbonyl (C=O) groups is 1. The molecular weight excluding hydrogens is 514 g/mol. The van der Waals surface area contributed by atoms with Crippen LogP contribution in [0.15, 0.2) is 36.5 Å². The first kappa shape index (κ1) is 29.3. The molecule has 2 aliphatic rings. The number of aliphatic hydroxyl groups excluding tert-OH is 1. The summed E-state index contributed by atoms with van der Waals surface area (Å²) in [6.07, 6.45) is -1.30. The minimum atomic E-state index is -4.67. The molecule has 0 bridgehead atoms. The van der Waals surface area contributed by atoms with Gasteiger partial charge in [-0.05, 0) is 66.8 Å². The Morgan fingerprint density at radius 2 is 1.87 bits per heavy atom. The summed E-state index contributed by atoms with van der Waals surface area (Å²) in [6, 6.07) is 6.30. The Morgan fingerprint density at radius 3 is 2.46 bits per heavy atom. The maximum Gasteiger partial charge on any atom is 0.397 e. The fourth-order valence-electron chi connectivity index (χ4n) is 5.35. The molecule has 0 saturated heterocycles. The van der Waals surface area contributed by atoms with Crippen molar-refractivity contribution in [2.45, 2.75) is 95.7 Å². The van der Waals surface area contributed by atoms with Gasteiger partial charge in [0.05, 0.1) is 12.1 Å². The van der Waals surface area contributed by atoms with Gasteiger partial charge in [0.25, 0.3) is 0 Å². The molecule has 0 radical (unpaired) electrons. The topological polar surface area (TPSA) is 83.5 Å². The van der Waals surface area contributed by atoms with E-state index in [-0.39, 0.29) is 30.0 Å². The van der Waals surface area contributed by atoms with E-state index in [2.05, 4.69) is 42.5 Å². The van der Waals surface area contributed by atoms with Gasteiger partial charge < -0.3 is 20.5 Å². The summed E-state index contributed by atoms with van der Waals surface area (Å²) in [5.41, 5.74) is 2.27. The van der Waals surface area contributed by atoms with Crippen LogP contribution in [0.3, 0.4) is 0 Å². The maximum absolute atomic E-state index is 13.4. The fourth-order valence-corrected chi connectivity index (χ4v) is 5.35. The highest BCUT2D eigenvalue weighted by Crippen LogP contribution is 2.48. The first-order valence-electron chi connectivity index (χ1n) is 13.4. The number of rotatable bonds is 9. The third-order valence-electron chi connectivity index (χ3n) is 7.31. The molecule has 2 aromatic rings. The highest BCUT2D eigenvalue weighted by Gasteiger charge is 2.46. The molecule has 1 aliphatic carbocycles. The molecule has 3 atom stereocenters. The van der Waals surface area contributed by atoms with E-state index in [0.717, 1.165) is 36.8 Å². The Bertz CT molecular complexity index is 1140. The van der Waals surface area contributed by atoms with E-state index in [0.29, 0.717) is 17.9 Å². The number of pyridine rings is 1. The SMILES string of the molecule is CC(C)(C)Cc1cnc2c(c1)[C@@H](NC[C@H](O)[C@H](Cc1ccc(F)cc1)NC(=O)CC(F)(F)F)CC1(CCC1)O2. The van der Waals surface area contributed by atoms with Crippen molar-refractivity contribution in [1.29, 1.82) is 0 Å². The second-order valence-corrected chi connectivity index (χ2v) is 12.1. The third kappa shape index (κ3) is 8.14. The van der Waals surface area contributed by atoms with Gasteiger partial charge in [0.2, 0.25) is 11.8 Å². The number of amides is 1. The van der Waals surface area contributed by atoms with Gasteiger partial charge in [0.15, 0.2) is 0 Å². The molecule has 39 heavy (non-hydrogen) atoms. The first-order chi connectivity index (χ1) is 18.2. The van der Waals surface area contributed by atoms with E-state index in [9.17, 15) is 27.5 Å². The highest BCUT2D eigenvalue weighted by molar-refractivity contribution is 5.77. The van der Waals surface area contributed by atoms with Crippen LogP contribution < -0.4 is 15.4 Å². The van der Waals surface area contributed by atoms with E-state index in [4.69, 9.17) is 4.74 Å². The molecule has 6 nitrogen and oxygen atoms in total. The lowest BCUT2D eigenvalue weighted by atomic mass is 9.73. The van der Waals surface area contributed by atoms with Crippen LogP contribution >= 0.6 is 0 Å². The van der Waals surface area contributed by atoms with Crippen molar-refractivity contribution in [3.63, 3.8) is 0 Å². The molecular formula is C29H37F4N3O3. The van der Waals surface area contributed by atoms with Crippen molar-refractivity contribution < 1.29 is 32.2 Å². The Balaban J connectivity index is 1.51. The van der Waals surface area contributed by atoms with Gasteiger partial charge in [-0.3, -0.25) is 4.79 Å². The number of fused-ring (bicyclic) bond motifs is 1. The van der Waals surface area contributed by atoms with Crippen LogP contribution in [-0.4, -0.2) is 46.5 Å². The number of aliphatic hydroxyl groups is 1. The van der Waals surface area contributed by atoms with E-state index in [1.54, 1.807) is 0 Å². The van der Waals surface area contributed by atoms with E-state index < -0.39 is 36.5 Å². The third-order valence-corrected chi connectivity index (χ3v) is 7.31. The summed E-state index contributed by atoms with van der Waals surface area (Å²) in [5.74, 6) is -1.12. The summed E-state index contributed by atoms with van der Waals surface area (Å²) in [5, 5.41) is 16.8. The van der Waals surface area contributed by atoms with Gasteiger partial charge in [-0.1, -0.05) is 32.9 Å². The van der Waals surface area contributed by atoms with Crippen LogP contribution in [-0.2, 0) is 17.6 Å². The largest absolute Gasteiger partial charge is 0.471 e. The maximum atomic E-state index is 13.4. The van der Waals surface area contributed by atoms with Crippen molar-refractivity contribution in [2.75, 3.05) is 6.54 Å². The number of alkyl halides is 3. The lowest BCUT2D eigenvalue weighted by Crippen LogP contribution is -2.52. The number of carbonyl (C=O) groups excluding carboxylic acids is 1. The minimum Gasteiger partial charge on any atom is -0.471 e. The number of ether oxygens (including phenoxy) is 1. The molecule has 2 heterocycles. The van der Waals surface area contributed by atoms with Crippen molar-refractivity contribution in [2.24, 2.45) is 5.41 Å². The van der Waals surface area contributed by atoms with E-state index in [1.165, 1.54) is 24.3 Å². The number of nitrogens with one attached hydrogen (secondary N) is 2. The average molecular weight is 552 g/mol. The highest BCUT2D eigenvalue weighted by atomic mass is 19.4. The fraction of sp³-hybridized carbons (Fsp3) is 0.586. The van der Waals surface area contributed by atoms with Crippen LogP contribution in [0.1, 0.15) is 75.6 Å². The predicted molar refractivity (Wildman–Crippen MR) is 139 cm³/mol. The number of halogens is 4. The molecule has 1 spiro atoms.